The molecule has 5 nitrogen and oxygen atoms in total. The van der Waals surface area contributed by atoms with Crippen molar-refractivity contribution in [3.63, 3.8) is 0 Å². The van der Waals surface area contributed by atoms with E-state index in [0.29, 0.717) is 4.47 Å². The fourth-order valence-corrected chi connectivity index (χ4v) is 2.04. The van der Waals surface area contributed by atoms with Gasteiger partial charge in [0.15, 0.2) is 0 Å². The highest BCUT2D eigenvalue weighted by atomic mass is 79.9. The SMILES string of the molecule is O=[N+]([O-])c1cc(Br)ccc1CN(CCO)CC(F)(F)F. The molecule has 0 unspecified atom stereocenters. The van der Waals surface area contributed by atoms with E-state index in [0.717, 1.165) is 4.90 Å². The van der Waals surface area contributed by atoms with Crippen LogP contribution in [0, 0.1) is 10.1 Å². The number of alkyl halides is 3. The summed E-state index contributed by atoms with van der Waals surface area (Å²) in [4.78, 5) is 11.2. The molecule has 1 aromatic carbocycles. The monoisotopic (exact) mass is 356 g/mol. The molecule has 0 atom stereocenters. The molecule has 20 heavy (non-hydrogen) atoms. The Kier molecular flexibility index (Phi) is 5.90. The molecule has 0 aliphatic heterocycles. The molecule has 0 saturated carbocycles. The molecular weight excluding hydrogens is 345 g/mol. The van der Waals surface area contributed by atoms with Gasteiger partial charge in [0.2, 0.25) is 0 Å². The van der Waals surface area contributed by atoms with Gasteiger partial charge in [-0.3, -0.25) is 15.0 Å². The summed E-state index contributed by atoms with van der Waals surface area (Å²) in [6.07, 6.45) is -4.43. The van der Waals surface area contributed by atoms with Gasteiger partial charge in [0.25, 0.3) is 5.69 Å². The van der Waals surface area contributed by atoms with Crippen molar-refractivity contribution in [3.05, 3.63) is 38.3 Å². The Hall–Kier alpha value is -1.19. The van der Waals surface area contributed by atoms with Crippen LogP contribution in [0.25, 0.3) is 0 Å². The van der Waals surface area contributed by atoms with Crippen LogP contribution < -0.4 is 0 Å². The van der Waals surface area contributed by atoms with E-state index >= 15 is 0 Å². The molecule has 0 fully saturated rings. The van der Waals surface area contributed by atoms with E-state index in [1.165, 1.54) is 18.2 Å². The molecule has 1 rings (SSSR count). The van der Waals surface area contributed by atoms with E-state index in [1.54, 1.807) is 0 Å². The minimum atomic E-state index is -4.43. The van der Waals surface area contributed by atoms with Crippen LogP contribution in [0.3, 0.4) is 0 Å². The van der Waals surface area contributed by atoms with Crippen molar-refractivity contribution in [3.8, 4) is 0 Å². The van der Waals surface area contributed by atoms with Gasteiger partial charge in [-0.05, 0) is 12.1 Å². The zero-order valence-electron chi connectivity index (χ0n) is 10.2. The van der Waals surface area contributed by atoms with Crippen LogP contribution in [-0.2, 0) is 6.54 Å². The molecule has 1 N–H and O–H groups in total. The third-order valence-corrected chi connectivity index (χ3v) is 2.95. The molecule has 0 spiro atoms. The summed E-state index contributed by atoms with van der Waals surface area (Å²) in [7, 11) is 0. The van der Waals surface area contributed by atoms with E-state index in [-0.39, 0.29) is 24.3 Å². The number of nitro groups is 1. The van der Waals surface area contributed by atoms with Crippen LogP contribution in [0.5, 0.6) is 0 Å². The lowest BCUT2D eigenvalue weighted by atomic mass is 10.1. The van der Waals surface area contributed by atoms with Gasteiger partial charge in [-0.15, -0.1) is 0 Å². The molecule has 0 radical (unpaired) electrons. The first kappa shape index (κ1) is 16.9. The summed E-state index contributed by atoms with van der Waals surface area (Å²) >= 11 is 3.07. The molecule has 1 aromatic rings. The Labute approximate surface area is 121 Å². The summed E-state index contributed by atoms with van der Waals surface area (Å²) in [6.45, 7) is -2.17. The van der Waals surface area contributed by atoms with Crippen molar-refractivity contribution >= 4 is 21.6 Å². The number of aliphatic hydroxyl groups excluding tert-OH is 1. The quantitative estimate of drug-likeness (QED) is 0.628. The summed E-state index contributed by atoms with van der Waals surface area (Å²) in [6, 6.07) is 4.15. The second-order valence-electron chi connectivity index (χ2n) is 4.08. The maximum atomic E-state index is 12.4. The van der Waals surface area contributed by atoms with Crippen LogP contribution in [0.2, 0.25) is 0 Å². The first-order chi connectivity index (χ1) is 9.23. The van der Waals surface area contributed by atoms with Crippen molar-refractivity contribution in [2.24, 2.45) is 0 Å². The highest BCUT2D eigenvalue weighted by molar-refractivity contribution is 9.10. The molecule has 9 heteroatoms. The first-order valence-corrected chi connectivity index (χ1v) is 6.35. The lowest BCUT2D eigenvalue weighted by molar-refractivity contribution is -0.385. The molecule has 0 bridgehead atoms. The highest BCUT2D eigenvalue weighted by Gasteiger charge is 2.31. The van der Waals surface area contributed by atoms with Crippen LogP contribution in [0.4, 0.5) is 18.9 Å². The minimum absolute atomic E-state index is 0.163. The average Bonchev–Trinajstić information content (AvgIpc) is 2.29. The van der Waals surface area contributed by atoms with Crippen molar-refractivity contribution in [1.29, 1.82) is 0 Å². The number of rotatable bonds is 6. The smallest absolute Gasteiger partial charge is 0.395 e. The summed E-state index contributed by atoms with van der Waals surface area (Å²) < 4.78 is 37.6. The zero-order valence-corrected chi connectivity index (χ0v) is 11.8. The van der Waals surface area contributed by atoms with Gasteiger partial charge in [-0.1, -0.05) is 15.9 Å². The summed E-state index contributed by atoms with van der Waals surface area (Å²) in [5.41, 5.74) is -0.0969. The fraction of sp³-hybridized carbons (Fsp3) is 0.455. The van der Waals surface area contributed by atoms with Gasteiger partial charge in [0, 0.05) is 29.2 Å². The first-order valence-electron chi connectivity index (χ1n) is 5.55. The van der Waals surface area contributed by atoms with Gasteiger partial charge >= 0.3 is 6.18 Å². The third-order valence-electron chi connectivity index (χ3n) is 2.46. The second kappa shape index (κ2) is 7.00. The Bertz CT molecular complexity index is 482. The summed E-state index contributed by atoms with van der Waals surface area (Å²) in [5, 5.41) is 19.7. The van der Waals surface area contributed by atoms with Crippen LogP contribution in [-0.4, -0.2) is 40.8 Å². The van der Waals surface area contributed by atoms with E-state index in [1.807, 2.05) is 0 Å². The van der Waals surface area contributed by atoms with Crippen LogP contribution in [0.15, 0.2) is 22.7 Å². The van der Waals surface area contributed by atoms with E-state index in [2.05, 4.69) is 15.9 Å². The largest absolute Gasteiger partial charge is 0.401 e. The number of hydrogen-bond donors (Lipinski definition) is 1. The molecule has 0 aromatic heterocycles. The Balaban J connectivity index is 2.96. The molecule has 0 aliphatic rings. The normalized spacial score (nSPS) is 11.9. The second-order valence-corrected chi connectivity index (χ2v) is 5.00. The topological polar surface area (TPSA) is 66.6 Å². The van der Waals surface area contributed by atoms with Crippen molar-refractivity contribution in [2.45, 2.75) is 12.7 Å². The van der Waals surface area contributed by atoms with Gasteiger partial charge in [0.1, 0.15) is 0 Å². The molecule has 112 valence electrons. The molecular formula is C11H12BrF3N2O3. The fourth-order valence-electron chi connectivity index (χ4n) is 1.69. The zero-order chi connectivity index (χ0) is 15.3. The lowest BCUT2D eigenvalue weighted by Crippen LogP contribution is -2.35. The number of hydrogen-bond acceptors (Lipinski definition) is 4. The van der Waals surface area contributed by atoms with E-state index in [9.17, 15) is 23.3 Å². The van der Waals surface area contributed by atoms with Gasteiger partial charge in [0.05, 0.1) is 18.1 Å². The van der Waals surface area contributed by atoms with E-state index in [4.69, 9.17) is 5.11 Å². The van der Waals surface area contributed by atoms with Crippen molar-refractivity contribution in [2.75, 3.05) is 19.7 Å². The van der Waals surface area contributed by atoms with E-state index < -0.39 is 24.3 Å². The minimum Gasteiger partial charge on any atom is -0.395 e. The maximum absolute atomic E-state index is 12.4. The molecule has 0 saturated heterocycles. The Morgan fingerprint density at radius 2 is 2.05 bits per heavy atom. The predicted molar refractivity (Wildman–Crippen MR) is 69.2 cm³/mol. The number of nitrogens with zero attached hydrogens (tertiary/aromatic N) is 2. The Morgan fingerprint density at radius 3 is 2.55 bits per heavy atom. The standard InChI is InChI=1S/C11H12BrF3N2O3/c12-9-2-1-8(10(5-9)17(19)20)6-16(3-4-18)7-11(13,14)15/h1-2,5,18H,3-4,6-7H2. The number of nitro benzene ring substituents is 1. The molecule has 0 aliphatic carbocycles. The maximum Gasteiger partial charge on any atom is 0.401 e. The van der Waals surface area contributed by atoms with Gasteiger partial charge in [-0.2, -0.15) is 13.2 Å². The van der Waals surface area contributed by atoms with Crippen molar-refractivity contribution < 1.29 is 23.2 Å². The van der Waals surface area contributed by atoms with Crippen LogP contribution >= 0.6 is 15.9 Å². The van der Waals surface area contributed by atoms with Gasteiger partial charge in [-0.25, -0.2) is 0 Å². The third kappa shape index (κ3) is 5.43. The number of aliphatic hydroxyl groups is 1. The molecule has 0 heterocycles. The number of benzene rings is 1. The summed E-state index contributed by atoms with van der Waals surface area (Å²) in [5.74, 6) is 0. The van der Waals surface area contributed by atoms with Crippen molar-refractivity contribution in [1.82, 2.24) is 4.90 Å². The lowest BCUT2D eigenvalue weighted by Gasteiger charge is -2.22. The highest BCUT2D eigenvalue weighted by Crippen LogP contribution is 2.26. The van der Waals surface area contributed by atoms with Gasteiger partial charge < -0.3 is 5.11 Å². The molecule has 0 amide bonds. The average molecular weight is 357 g/mol. The Morgan fingerprint density at radius 1 is 1.40 bits per heavy atom. The predicted octanol–water partition coefficient (Wildman–Crippen LogP) is 2.71. The van der Waals surface area contributed by atoms with Crippen LogP contribution in [0.1, 0.15) is 5.56 Å². The number of halogens is 4.